The number of amides is 1. The summed E-state index contributed by atoms with van der Waals surface area (Å²) in [6.07, 6.45) is 2.60. The molecule has 1 aliphatic carbocycles. The molecular weight excluding hydrogens is 218 g/mol. The number of morpholine rings is 1. The van der Waals surface area contributed by atoms with Crippen LogP contribution in [0.1, 0.15) is 19.8 Å². The van der Waals surface area contributed by atoms with Gasteiger partial charge in [-0.2, -0.15) is 0 Å². The summed E-state index contributed by atoms with van der Waals surface area (Å²) in [5.41, 5.74) is 0. The summed E-state index contributed by atoms with van der Waals surface area (Å²) in [4.78, 5) is 14.2. The van der Waals surface area contributed by atoms with Gasteiger partial charge in [0.05, 0.1) is 13.2 Å². The summed E-state index contributed by atoms with van der Waals surface area (Å²) in [5, 5.41) is 6.15. The molecule has 2 N–H and O–H groups in total. The van der Waals surface area contributed by atoms with Crippen molar-refractivity contribution in [2.24, 2.45) is 0 Å². The molecule has 0 spiro atoms. The number of likely N-dealkylation sites (N-methyl/N-ethyl adjacent to an activating group) is 1. The van der Waals surface area contributed by atoms with Crippen LogP contribution in [0.25, 0.3) is 0 Å². The Balaban J connectivity index is 1.67. The zero-order chi connectivity index (χ0) is 12.3. The lowest BCUT2D eigenvalue weighted by atomic mass is 10.2. The second kappa shape index (κ2) is 5.80. The second-order valence-electron chi connectivity index (χ2n) is 5.07. The van der Waals surface area contributed by atoms with Crippen molar-refractivity contribution in [3.05, 3.63) is 0 Å². The van der Waals surface area contributed by atoms with Gasteiger partial charge in [0.1, 0.15) is 6.04 Å². The molecule has 0 radical (unpaired) electrons. The van der Waals surface area contributed by atoms with E-state index in [4.69, 9.17) is 4.74 Å². The van der Waals surface area contributed by atoms with E-state index < -0.39 is 0 Å². The highest BCUT2D eigenvalue weighted by Crippen LogP contribution is 2.26. The van der Waals surface area contributed by atoms with Crippen LogP contribution in [0.15, 0.2) is 0 Å². The van der Waals surface area contributed by atoms with Gasteiger partial charge in [0.2, 0.25) is 5.91 Å². The summed E-state index contributed by atoms with van der Waals surface area (Å²) in [5.74, 6) is 0.0562. The number of nitrogens with zero attached hydrogens (tertiary/aromatic N) is 1. The van der Waals surface area contributed by atoms with Crippen LogP contribution in [0.4, 0.5) is 0 Å². The average Bonchev–Trinajstić information content (AvgIpc) is 3.20. The summed E-state index contributed by atoms with van der Waals surface area (Å²) < 4.78 is 5.27. The topological polar surface area (TPSA) is 53.6 Å². The second-order valence-corrected chi connectivity index (χ2v) is 5.07. The molecule has 1 saturated heterocycles. The van der Waals surface area contributed by atoms with Crippen molar-refractivity contribution in [3.8, 4) is 0 Å². The molecule has 1 saturated carbocycles. The molecule has 17 heavy (non-hydrogen) atoms. The molecule has 98 valence electrons. The Labute approximate surface area is 103 Å². The molecule has 0 aromatic rings. The first kappa shape index (κ1) is 12.8. The smallest absolute Gasteiger partial charge is 0.239 e. The van der Waals surface area contributed by atoms with Gasteiger partial charge in [-0.15, -0.1) is 0 Å². The molecule has 1 amide bonds. The Morgan fingerprint density at radius 2 is 2.35 bits per heavy atom. The van der Waals surface area contributed by atoms with Gasteiger partial charge in [-0.05, 0) is 26.8 Å². The van der Waals surface area contributed by atoms with Crippen LogP contribution >= 0.6 is 0 Å². The first-order valence-corrected chi connectivity index (χ1v) is 6.49. The molecule has 5 nitrogen and oxygen atoms in total. The maximum Gasteiger partial charge on any atom is 0.239 e. The molecule has 2 aliphatic rings. The van der Waals surface area contributed by atoms with E-state index >= 15 is 0 Å². The third kappa shape index (κ3) is 3.66. The van der Waals surface area contributed by atoms with Gasteiger partial charge in [-0.1, -0.05) is 0 Å². The molecule has 2 rings (SSSR count). The van der Waals surface area contributed by atoms with Crippen molar-refractivity contribution >= 4 is 5.91 Å². The van der Waals surface area contributed by atoms with E-state index in [9.17, 15) is 4.79 Å². The molecule has 0 bridgehead atoms. The SMILES string of the molecule is CC(CNC(=O)C1COCCN1)N(C)C1CC1. The van der Waals surface area contributed by atoms with Crippen molar-refractivity contribution in [1.82, 2.24) is 15.5 Å². The average molecular weight is 241 g/mol. The van der Waals surface area contributed by atoms with Crippen molar-refractivity contribution < 1.29 is 9.53 Å². The molecule has 2 atom stereocenters. The fourth-order valence-electron chi connectivity index (χ4n) is 2.09. The highest BCUT2D eigenvalue weighted by atomic mass is 16.5. The van der Waals surface area contributed by atoms with E-state index in [2.05, 4.69) is 29.5 Å². The Kier molecular flexibility index (Phi) is 4.36. The zero-order valence-corrected chi connectivity index (χ0v) is 10.7. The van der Waals surface area contributed by atoms with Gasteiger partial charge >= 0.3 is 0 Å². The largest absolute Gasteiger partial charge is 0.378 e. The van der Waals surface area contributed by atoms with Crippen LogP contribution in [0.2, 0.25) is 0 Å². The highest BCUT2D eigenvalue weighted by molar-refractivity contribution is 5.82. The van der Waals surface area contributed by atoms with Crippen LogP contribution in [0.3, 0.4) is 0 Å². The number of hydrogen-bond acceptors (Lipinski definition) is 4. The van der Waals surface area contributed by atoms with E-state index in [0.29, 0.717) is 25.8 Å². The minimum atomic E-state index is -0.179. The fraction of sp³-hybridized carbons (Fsp3) is 0.917. The predicted octanol–water partition coefficient (Wildman–Crippen LogP) is -0.426. The van der Waals surface area contributed by atoms with Gasteiger partial charge < -0.3 is 15.4 Å². The molecule has 1 aliphatic heterocycles. The molecular formula is C12H23N3O2. The van der Waals surface area contributed by atoms with Crippen molar-refractivity contribution in [3.63, 3.8) is 0 Å². The minimum Gasteiger partial charge on any atom is -0.378 e. The Morgan fingerprint density at radius 3 is 2.94 bits per heavy atom. The normalized spacial score (nSPS) is 26.9. The number of carbonyl (C=O) groups is 1. The van der Waals surface area contributed by atoms with E-state index in [1.807, 2.05) is 0 Å². The van der Waals surface area contributed by atoms with Gasteiger partial charge in [-0.25, -0.2) is 0 Å². The minimum absolute atomic E-state index is 0.0562. The zero-order valence-electron chi connectivity index (χ0n) is 10.7. The highest BCUT2D eigenvalue weighted by Gasteiger charge is 2.29. The lowest BCUT2D eigenvalue weighted by molar-refractivity contribution is -0.126. The van der Waals surface area contributed by atoms with E-state index in [1.54, 1.807) is 0 Å². The number of rotatable bonds is 5. The first-order chi connectivity index (χ1) is 8.18. The Bertz CT molecular complexity index is 262. The maximum atomic E-state index is 11.8. The van der Waals surface area contributed by atoms with Gasteiger partial charge in [0.25, 0.3) is 0 Å². The predicted molar refractivity (Wildman–Crippen MR) is 65.9 cm³/mol. The van der Waals surface area contributed by atoms with Crippen molar-refractivity contribution in [2.45, 2.75) is 37.9 Å². The van der Waals surface area contributed by atoms with E-state index in [-0.39, 0.29) is 11.9 Å². The number of carbonyl (C=O) groups excluding carboxylic acids is 1. The number of nitrogens with one attached hydrogen (secondary N) is 2. The number of ether oxygens (including phenoxy) is 1. The molecule has 0 aromatic carbocycles. The van der Waals surface area contributed by atoms with Crippen molar-refractivity contribution in [1.29, 1.82) is 0 Å². The third-order valence-corrected chi connectivity index (χ3v) is 3.63. The quantitative estimate of drug-likeness (QED) is 0.686. The van der Waals surface area contributed by atoms with Gasteiger partial charge in [0, 0.05) is 25.2 Å². The third-order valence-electron chi connectivity index (χ3n) is 3.63. The number of hydrogen-bond donors (Lipinski definition) is 2. The summed E-state index contributed by atoms with van der Waals surface area (Å²) >= 11 is 0. The van der Waals surface area contributed by atoms with Crippen LogP contribution in [0, 0.1) is 0 Å². The van der Waals surface area contributed by atoms with Crippen LogP contribution < -0.4 is 10.6 Å². The Morgan fingerprint density at radius 1 is 1.59 bits per heavy atom. The van der Waals surface area contributed by atoms with Crippen molar-refractivity contribution in [2.75, 3.05) is 33.4 Å². The van der Waals surface area contributed by atoms with Crippen LogP contribution in [0.5, 0.6) is 0 Å². The summed E-state index contributed by atoms with van der Waals surface area (Å²) in [6, 6.07) is 0.955. The molecule has 2 unspecified atom stereocenters. The molecule has 0 aromatic heterocycles. The lowest BCUT2D eigenvalue weighted by Crippen LogP contribution is -2.53. The van der Waals surface area contributed by atoms with Crippen LogP contribution in [-0.4, -0.2) is 62.3 Å². The van der Waals surface area contributed by atoms with Gasteiger partial charge in [-0.3, -0.25) is 9.69 Å². The summed E-state index contributed by atoms with van der Waals surface area (Å²) in [7, 11) is 2.14. The first-order valence-electron chi connectivity index (χ1n) is 6.49. The standard InChI is InChI=1S/C12H23N3O2/c1-9(15(2)10-3-4-10)7-14-12(16)11-8-17-6-5-13-11/h9-11,13H,3-8H2,1-2H3,(H,14,16). The van der Waals surface area contributed by atoms with E-state index in [1.165, 1.54) is 12.8 Å². The molecule has 5 heteroatoms. The van der Waals surface area contributed by atoms with E-state index in [0.717, 1.165) is 12.6 Å². The molecule has 1 heterocycles. The summed E-state index contributed by atoms with van der Waals surface area (Å²) in [6.45, 7) is 4.81. The molecule has 2 fully saturated rings. The van der Waals surface area contributed by atoms with Crippen LogP contribution in [-0.2, 0) is 9.53 Å². The monoisotopic (exact) mass is 241 g/mol. The fourth-order valence-corrected chi connectivity index (χ4v) is 2.09. The maximum absolute atomic E-state index is 11.8. The Hall–Kier alpha value is -0.650. The lowest BCUT2D eigenvalue weighted by Gasteiger charge is -2.27. The van der Waals surface area contributed by atoms with Gasteiger partial charge in [0.15, 0.2) is 0 Å².